The quantitative estimate of drug-likeness (QED) is 0.398. The first kappa shape index (κ1) is 25.7. The SMILES string of the molecule is COC(=O)[C@H](CSSC(C)(C)C)NC(=O)c1cnnn1[C@H](Cc1ccncc1)C(=O)OC. The van der Waals surface area contributed by atoms with Crippen LogP contribution in [-0.2, 0) is 25.5 Å². The molecule has 1 N–H and O–H groups in total. The second-order valence-corrected chi connectivity index (χ2v) is 10.9. The predicted octanol–water partition coefficient (Wildman–Crippen LogP) is 2.08. The monoisotopic (exact) mass is 481 g/mol. The minimum atomic E-state index is -0.923. The number of hydrogen-bond donors (Lipinski definition) is 1. The molecule has 1 amide bonds. The highest BCUT2D eigenvalue weighted by atomic mass is 33.1. The lowest BCUT2D eigenvalue weighted by Crippen LogP contribution is -2.44. The molecule has 0 saturated carbocycles. The van der Waals surface area contributed by atoms with E-state index >= 15 is 0 Å². The molecule has 2 heterocycles. The fourth-order valence-electron chi connectivity index (χ4n) is 2.61. The molecule has 0 bridgehead atoms. The Morgan fingerprint density at radius 1 is 1.12 bits per heavy atom. The number of aromatic nitrogens is 4. The maximum absolute atomic E-state index is 13.0. The van der Waals surface area contributed by atoms with Crippen LogP contribution in [0.15, 0.2) is 30.7 Å². The second-order valence-electron chi connectivity index (χ2n) is 7.69. The summed E-state index contributed by atoms with van der Waals surface area (Å²) in [4.78, 5) is 41.6. The maximum Gasteiger partial charge on any atom is 0.331 e. The third-order valence-corrected chi connectivity index (χ3v) is 7.44. The van der Waals surface area contributed by atoms with E-state index in [1.54, 1.807) is 35.3 Å². The normalized spacial score (nSPS) is 13.2. The summed E-state index contributed by atoms with van der Waals surface area (Å²) >= 11 is 0. The molecule has 32 heavy (non-hydrogen) atoms. The van der Waals surface area contributed by atoms with Gasteiger partial charge in [0.1, 0.15) is 11.7 Å². The molecular formula is C20H27N5O5S2. The van der Waals surface area contributed by atoms with Crippen LogP contribution < -0.4 is 5.32 Å². The van der Waals surface area contributed by atoms with Gasteiger partial charge in [0.05, 0.1) is 20.4 Å². The molecule has 0 aliphatic rings. The first-order chi connectivity index (χ1) is 15.2. The molecule has 0 aliphatic heterocycles. The summed E-state index contributed by atoms with van der Waals surface area (Å²) in [5.41, 5.74) is 0.831. The van der Waals surface area contributed by atoms with Crippen LogP contribution in [0.3, 0.4) is 0 Å². The number of nitrogens with one attached hydrogen (secondary N) is 1. The lowest BCUT2D eigenvalue weighted by molar-refractivity contribution is -0.145. The van der Waals surface area contributed by atoms with Crippen molar-refractivity contribution in [3.63, 3.8) is 0 Å². The smallest absolute Gasteiger partial charge is 0.331 e. The zero-order chi connectivity index (χ0) is 23.7. The summed E-state index contributed by atoms with van der Waals surface area (Å²) in [7, 11) is 5.57. The molecule has 0 saturated heterocycles. The van der Waals surface area contributed by atoms with Crippen LogP contribution in [0, 0.1) is 0 Å². The Labute approximate surface area is 194 Å². The summed E-state index contributed by atoms with van der Waals surface area (Å²) in [5.74, 6) is -1.45. The van der Waals surface area contributed by atoms with Crippen molar-refractivity contribution in [3.05, 3.63) is 42.0 Å². The van der Waals surface area contributed by atoms with Crippen molar-refractivity contribution in [1.29, 1.82) is 0 Å². The molecule has 0 aromatic carbocycles. The lowest BCUT2D eigenvalue weighted by Gasteiger charge is -2.21. The number of esters is 2. The van der Waals surface area contributed by atoms with Crippen LogP contribution in [-0.4, -0.2) is 68.6 Å². The number of carbonyl (C=O) groups is 3. The van der Waals surface area contributed by atoms with E-state index < -0.39 is 29.9 Å². The fraction of sp³-hybridized carbons (Fsp3) is 0.500. The van der Waals surface area contributed by atoms with Crippen LogP contribution in [0.4, 0.5) is 0 Å². The first-order valence-electron chi connectivity index (χ1n) is 9.72. The Morgan fingerprint density at radius 3 is 2.38 bits per heavy atom. The van der Waals surface area contributed by atoms with Crippen molar-refractivity contribution in [2.75, 3.05) is 20.0 Å². The van der Waals surface area contributed by atoms with Gasteiger partial charge in [-0.05, 0) is 17.7 Å². The van der Waals surface area contributed by atoms with Crippen molar-refractivity contribution in [3.8, 4) is 0 Å². The number of rotatable bonds is 10. The molecule has 10 nitrogen and oxygen atoms in total. The highest BCUT2D eigenvalue weighted by Gasteiger charge is 2.30. The van der Waals surface area contributed by atoms with Crippen LogP contribution >= 0.6 is 21.6 Å². The number of amides is 1. The van der Waals surface area contributed by atoms with Gasteiger partial charge in [-0.25, -0.2) is 14.3 Å². The molecular weight excluding hydrogens is 454 g/mol. The second kappa shape index (κ2) is 11.9. The number of ether oxygens (including phenoxy) is 2. The van der Waals surface area contributed by atoms with Gasteiger partial charge in [0.15, 0.2) is 6.04 Å². The summed E-state index contributed by atoms with van der Waals surface area (Å²) < 4.78 is 10.9. The summed E-state index contributed by atoms with van der Waals surface area (Å²) in [6.07, 6.45) is 4.67. The van der Waals surface area contributed by atoms with Gasteiger partial charge in [-0.2, -0.15) is 0 Å². The Hall–Kier alpha value is -2.60. The van der Waals surface area contributed by atoms with Crippen LogP contribution in [0.5, 0.6) is 0 Å². The standard InChI is InChI=1S/C20H27N5O5S2/c1-20(2,3)32-31-12-14(18(27)29-4)23-17(26)16-11-22-24-25(16)15(19(28)30-5)10-13-6-8-21-9-7-13/h6-9,11,14-15H,10,12H2,1-5H3,(H,23,26)/t14-,15+/m0/s1. The van der Waals surface area contributed by atoms with Crippen LogP contribution in [0.1, 0.15) is 42.9 Å². The molecule has 174 valence electrons. The van der Waals surface area contributed by atoms with Crippen LogP contribution in [0.2, 0.25) is 0 Å². The van der Waals surface area contributed by atoms with Gasteiger partial charge < -0.3 is 14.8 Å². The molecule has 0 radical (unpaired) electrons. The number of pyridine rings is 1. The fourth-order valence-corrected chi connectivity index (χ4v) is 5.06. The summed E-state index contributed by atoms with van der Waals surface area (Å²) in [5, 5.41) is 10.4. The number of hydrogen-bond acceptors (Lipinski definition) is 10. The lowest BCUT2D eigenvalue weighted by atomic mass is 10.1. The average molecular weight is 482 g/mol. The predicted molar refractivity (Wildman–Crippen MR) is 122 cm³/mol. The van der Waals surface area contributed by atoms with E-state index in [4.69, 9.17) is 9.47 Å². The topological polar surface area (TPSA) is 125 Å². The largest absolute Gasteiger partial charge is 0.467 e. The Bertz CT molecular complexity index is 917. The van der Waals surface area contributed by atoms with Gasteiger partial charge in [0.25, 0.3) is 5.91 Å². The van der Waals surface area contributed by atoms with Crippen LogP contribution in [0.25, 0.3) is 0 Å². The summed E-state index contributed by atoms with van der Waals surface area (Å²) in [6.45, 7) is 6.16. The Morgan fingerprint density at radius 2 is 1.78 bits per heavy atom. The van der Waals surface area contributed by atoms with Gasteiger partial charge in [-0.1, -0.05) is 47.6 Å². The number of nitrogens with zero attached hydrogens (tertiary/aromatic N) is 4. The van der Waals surface area contributed by atoms with Gasteiger partial charge in [0.2, 0.25) is 0 Å². The van der Waals surface area contributed by atoms with Gasteiger partial charge in [-0.3, -0.25) is 9.78 Å². The van der Waals surface area contributed by atoms with E-state index in [0.29, 0.717) is 5.75 Å². The third-order valence-electron chi connectivity index (χ3n) is 4.09. The third kappa shape index (κ3) is 7.52. The van der Waals surface area contributed by atoms with E-state index in [0.717, 1.165) is 5.56 Å². The van der Waals surface area contributed by atoms with Crippen molar-refractivity contribution in [2.24, 2.45) is 0 Å². The molecule has 0 aliphatic carbocycles. The minimum Gasteiger partial charge on any atom is -0.467 e. The molecule has 12 heteroatoms. The van der Waals surface area contributed by atoms with Crippen molar-refractivity contribution in [2.45, 2.75) is 44.0 Å². The number of methoxy groups -OCH3 is 2. The van der Waals surface area contributed by atoms with E-state index in [9.17, 15) is 14.4 Å². The van der Waals surface area contributed by atoms with Gasteiger partial charge in [0, 0.05) is 29.3 Å². The molecule has 2 rings (SSSR count). The Kier molecular flexibility index (Phi) is 9.51. The molecule has 2 atom stereocenters. The molecule has 0 fully saturated rings. The highest BCUT2D eigenvalue weighted by Crippen LogP contribution is 2.35. The van der Waals surface area contributed by atoms with Crippen molar-refractivity contribution < 1.29 is 23.9 Å². The zero-order valence-corrected chi connectivity index (χ0v) is 20.2. The minimum absolute atomic E-state index is 0.0153. The molecule has 2 aromatic heterocycles. The van der Waals surface area contributed by atoms with E-state index in [1.807, 2.05) is 0 Å². The first-order valence-corrected chi connectivity index (χ1v) is 12.0. The van der Waals surface area contributed by atoms with E-state index in [1.165, 1.54) is 35.9 Å². The van der Waals surface area contributed by atoms with E-state index in [-0.39, 0.29) is 16.9 Å². The van der Waals surface area contributed by atoms with Crippen molar-refractivity contribution >= 4 is 39.4 Å². The maximum atomic E-state index is 13.0. The molecule has 2 aromatic rings. The Balaban J connectivity index is 2.21. The zero-order valence-electron chi connectivity index (χ0n) is 18.6. The average Bonchev–Trinajstić information content (AvgIpc) is 3.25. The molecule has 0 unspecified atom stereocenters. The summed E-state index contributed by atoms with van der Waals surface area (Å²) in [6, 6.07) is 1.70. The number of carbonyl (C=O) groups excluding carboxylic acids is 3. The van der Waals surface area contributed by atoms with Gasteiger partial charge in [-0.15, -0.1) is 5.10 Å². The van der Waals surface area contributed by atoms with E-state index in [2.05, 4.69) is 41.4 Å². The van der Waals surface area contributed by atoms with Gasteiger partial charge >= 0.3 is 11.9 Å². The van der Waals surface area contributed by atoms with Crippen molar-refractivity contribution in [1.82, 2.24) is 25.3 Å². The molecule has 0 spiro atoms. The highest BCUT2D eigenvalue weighted by molar-refractivity contribution is 8.77.